The zero-order chi connectivity index (χ0) is 18.8. The van der Waals surface area contributed by atoms with Crippen LogP contribution < -0.4 is 5.32 Å². The molecule has 2 aliphatic rings. The summed E-state index contributed by atoms with van der Waals surface area (Å²) in [6.45, 7) is 4.76. The summed E-state index contributed by atoms with van der Waals surface area (Å²) < 4.78 is 2.00. The molecular formula is C20H26N4O2S. The van der Waals surface area contributed by atoms with Gasteiger partial charge in [-0.05, 0) is 43.9 Å². The molecule has 0 aromatic carbocycles. The number of nitrogens with zero attached hydrogens (tertiary/aromatic N) is 3. The van der Waals surface area contributed by atoms with Crippen LogP contribution in [0.15, 0.2) is 18.2 Å². The minimum Gasteiger partial charge on any atom is -0.346 e. The lowest BCUT2D eigenvalue weighted by Gasteiger charge is -2.30. The maximum Gasteiger partial charge on any atom is 0.261 e. The van der Waals surface area contributed by atoms with E-state index in [9.17, 15) is 9.59 Å². The van der Waals surface area contributed by atoms with E-state index >= 15 is 0 Å². The normalized spacial score (nSPS) is 17.1. The van der Waals surface area contributed by atoms with Crippen LogP contribution >= 0.6 is 11.3 Å². The van der Waals surface area contributed by atoms with Crippen molar-refractivity contribution in [3.05, 3.63) is 39.3 Å². The molecule has 2 amide bonds. The van der Waals surface area contributed by atoms with Gasteiger partial charge in [-0.1, -0.05) is 13.3 Å². The third-order valence-corrected chi connectivity index (χ3v) is 6.72. The molecule has 144 valence electrons. The van der Waals surface area contributed by atoms with Crippen LogP contribution in [0.5, 0.6) is 0 Å². The van der Waals surface area contributed by atoms with Crippen LogP contribution in [0.3, 0.4) is 0 Å². The third kappa shape index (κ3) is 3.93. The lowest BCUT2D eigenvalue weighted by Crippen LogP contribution is -2.38. The molecule has 0 bridgehead atoms. The lowest BCUT2D eigenvalue weighted by atomic mass is 9.84. The lowest BCUT2D eigenvalue weighted by molar-refractivity contribution is -0.138. The predicted molar refractivity (Wildman–Crippen MR) is 104 cm³/mol. The van der Waals surface area contributed by atoms with Gasteiger partial charge in [0.15, 0.2) is 0 Å². The number of carbonyl (C=O) groups is 2. The minimum absolute atomic E-state index is 0.0512. The Kier molecular flexibility index (Phi) is 5.29. The van der Waals surface area contributed by atoms with Crippen molar-refractivity contribution in [1.29, 1.82) is 0 Å². The van der Waals surface area contributed by atoms with E-state index in [1.165, 1.54) is 22.6 Å². The van der Waals surface area contributed by atoms with Crippen molar-refractivity contribution < 1.29 is 9.59 Å². The van der Waals surface area contributed by atoms with E-state index < -0.39 is 0 Å². The van der Waals surface area contributed by atoms with E-state index in [0.29, 0.717) is 19.0 Å². The summed E-state index contributed by atoms with van der Waals surface area (Å²) in [7, 11) is 0. The quantitative estimate of drug-likeness (QED) is 0.859. The van der Waals surface area contributed by atoms with Gasteiger partial charge >= 0.3 is 0 Å². The summed E-state index contributed by atoms with van der Waals surface area (Å²) in [5.74, 6) is 0.483. The number of carbonyl (C=O) groups excluding carboxylic acids is 2. The zero-order valence-corrected chi connectivity index (χ0v) is 16.6. The molecule has 3 heterocycles. The first kappa shape index (κ1) is 18.2. The number of fused-ring (bicyclic) bond motifs is 1. The summed E-state index contributed by atoms with van der Waals surface area (Å²) in [5.41, 5.74) is 1.91. The molecule has 0 atom stereocenters. The smallest absolute Gasteiger partial charge is 0.261 e. The Balaban J connectivity index is 1.38. The zero-order valence-electron chi connectivity index (χ0n) is 15.7. The highest BCUT2D eigenvalue weighted by atomic mass is 32.1. The molecule has 1 fully saturated rings. The number of amides is 2. The Bertz CT molecular complexity index is 837. The van der Waals surface area contributed by atoms with Crippen molar-refractivity contribution in [2.24, 2.45) is 5.92 Å². The van der Waals surface area contributed by atoms with E-state index in [4.69, 9.17) is 0 Å². The van der Waals surface area contributed by atoms with Gasteiger partial charge in [-0.25, -0.2) is 0 Å². The minimum atomic E-state index is -0.0512. The topological polar surface area (TPSA) is 67.2 Å². The van der Waals surface area contributed by atoms with Crippen LogP contribution in [0.2, 0.25) is 0 Å². The van der Waals surface area contributed by atoms with Gasteiger partial charge in [0, 0.05) is 23.9 Å². The van der Waals surface area contributed by atoms with Crippen LogP contribution in [-0.4, -0.2) is 33.0 Å². The molecule has 1 aliphatic carbocycles. The van der Waals surface area contributed by atoms with E-state index in [0.717, 1.165) is 55.0 Å². The maximum atomic E-state index is 12.6. The molecule has 1 N–H and O–H groups in total. The molecule has 0 spiro atoms. The Morgan fingerprint density at radius 3 is 2.81 bits per heavy atom. The standard InChI is InChI=1S/C20H26N4O2S/c1-2-17-7-8-18(27-17)19(25)21-12-15-11-16-13-23(9-4-10-24(16)22-15)20(26)14-5-3-6-14/h7-8,11,14H,2-6,9-10,12-13H2,1H3,(H,21,25). The Morgan fingerprint density at radius 2 is 2.11 bits per heavy atom. The van der Waals surface area contributed by atoms with E-state index in [1.54, 1.807) is 0 Å². The van der Waals surface area contributed by atoms with Crippen molar-refractivity contribution in [3.63, 3.8) is 0 Å². The molecule has 7 heteroatoms. The van der Waals surface area contributed by atoms with Crippen molar-refractivity contribution in [2.75, 3.05) is 6.54 Å². The fourth-order valence-corrected chi connectivity index (χ4v) is 4.52. The van der Waals surface area contributed by atoms with Crippen LogP contribution in [0.1, 0.15) is 58.5 Å². The van der Waals surface area contributed by atoms with Crippen LogP contribution in [-0.2, 0) is 30.8 Å². The molecule has 0 radical (unpaired) electrons. The average molecular weight is 387 g/mol. The number of aromatic nitrogens is 2. The summed E-state index contributed by atoms with van der Waals surface area (Å²) in [6, 6.07) is 5.91. The second kappa shape index (κ2) is 7.84. The fraction of sp³-hybridized carbons (Fsp3) is 0.550. The summed E-state index contributed by atoms with van der Waals surface area (Å²) in [5, 5.41) is 7.60. The molecule has 1 saturated carbocycles. The highest BCUT2D eigenvalue weighted by molar-refractivity contribution is 7.14. The van der Waals surface area contributed by atoms with Gasteiger partial charge in [-0.2, -0.15) is 5.10 Å². The van der Waals surface area contributed by atoms with Crippen LogP contribution in [0.4, 0.5) is 0 Å². The van der Waals surface area contributed by atoms with E-state index in [2.05, 4.69) is 17.3 Å². The highest BCUT2D eigenvalue weighted by Gasteiger charge is 2.30. The van der Waals surface area contributed by atoms with Gasteiger partial charge < -0.3 is 10.2 Å². The number of hydrogen-bond acceptors (Lipinski definition) is 4. The number of aryl methyl sites for hydroxylation is 2. The molecule has 6 nitrogen and oxygen atoms in total. The predicted octanol–water partition coefficient (Wildman–Crippen LogP) is 2.97. The maximum absolute atomic E-state index is 12.6. The van der Waals surface area contributed by atoms with Crippen molar-refractivity contribution in [2.45, 2.75) is 58.7 Å². The Labute approximate surface area is 163 Å². The van der Waals surface area contributed by atoms with Crippen LogP contribution in [0, 0.1) is 5.92 Å². The summed E-state index contributed by atoms with van der Waals surface area (Å²) >= 11 is 1.54. The largest absolute Gasteiger partial charge is 0.346 e. The number of rotatable bonds is 5. The number of hydrogen-bond donors (Lipinski definition) is 1. The first-order valence-corrected chi connectivity index (χ1v) is 10.7. The molecule has 2 aromatic rings. The molecule has 27 heavy (non-hydrogen) atoms. The Morgan fingerprint density at radius 1 is 1.26 bits per heavy atom. The van der Waals surface area contributed by atoms with Crippen LogP contribution in [0.25, 0.3) is 0 Å². The number of thiophene rings is 1. The van der Waals surface area contributed by atoms with Crippen molar-refractivity contribution in [3.8, 4) is 0 Å². The monoisotopic (exact) mass is 386 g/mol. The molecular weight excluding hydrogens is 360 g/mol. The van der Waals surface area contributed by atoms with Gasteiger partial charge in [0.2, 0.25) is 5.91 Å². The van der Waals surface area contributed by atoms with Crippen molar-refractivity contribution in [1.82, 2.24) is 20.0 Å². The molecule has 0 saturated heterocycles. The Hall–Kier alpha value is -2.15. The van der Waals surface area contributed by atoms with Gasteiger partial charge in [-0.3, -0.25) is 14.3 Å². The average Bonchev–Trinajstić information content (AvgIpc) is 3.20. The molecule has 2 aromatic heterocycles. The molecule has 1 aliphatic heterocycles. The summed E-state index contributed by atoms with van der Waals surface area (Å²) in [4.78, 5) is 28.8. The second-order valence-corrected chi connectivity index (χ2v) is 8.56. The first-order valence-electron chi connectivity index (χ1n) is 9.85. The van der Waals surface area contributed by atoms with Gasteiger partial charge in [0.1, 0.15) is 0 Å². The molecule has 0 unspecified atom stereocenters. The molecule has 4 rings (SSSR count). The fourth-order valence-electron chi connectivity index (χ4n) is 3.66. The SMILES string of the molecule is CCc1ccc(C(=O)NCc2cc3n(n2)CCCN(C(=O)C2CCC2)C3)s1. The van der Waals surface area contributed by atoms with E-state index in [1.807, 2.05) is 27.8 Å². The van der Waals surface area contributed by atoms with Crippen molar-refractivity contribution >= 4 is 23.2 Å². The van der Waals surface area contributed by atoms with Gasteiger partial charge in [-0.15, -0.1) is 11.3 Å². The summed E-state index contributed by atoms with van der Waals surface area (Å²) in [6.07, 6.45) is 5.12. The highest BCUT2D eigenvalue weighted by Crippen LogP contribution is 2.29. The number of nitrogens with one attached hydrogen (secondary N) is 1. The first-order chi connectivity index (χ1) is 13.1. The van der Waals surface area contributed by atoms with Gasteiger partial charge in [0.05, 0.1) is 29.4 Å². The second-order valence-electron chi connectivity index (χ2n) is 7.39. The van der Waals surface area contributed by atoms with E-state index in [-0.39, 0.29) is 11.8 Å². The third-order valence-electron chi connectivity index (χ3n) is 5.49. The van der Waals surface area contributed by atoms with Gasteiger partial charge in [0.25, 0.3) is 5.91 Å².